The molecule has 31 heavy (non-hydrogen) atoms. The smallest absolute Gasteiger partial charge is 0.0569 e. The van der Waals surface area contributed by atoms with Gasteiger partial charge in [0.15, 0.2) is 0 Å². The van der Waals surface area contributed by atoms with Crippen LogP contribution in [0.4, 0.5) is 0 Å². The van der Waals surface area contributed by atoms with Crippen LogP contribution in [0.5, 0.6) is 0 Å². The number of fused-ring (bicyclic) bond motifs is 4. The van der Waals surface area contributed by atoms with Crippen molar-refractivity contribution in [2.24, 2.45) is 45.8 Å². The van der Waals surface area contributed by atoms with Crippen LogP contribution in [-0.4, -0.2) is 11.2 Å². The third kappa shape index (κ3) is 3.43. The third-order valence-corrected chi connectivity index (χ3v) is 11.8. The lowest BCUT2D eigenvalue weighted by molar-refractivity contribution is -0.0413. The van der Waals surface area contributed by atoms with Crippen molar-refractivity contribution in [1.82, 2.24) is 0 Å². The number of aliphatic hydroxyl groups is 1. The second-order valence-corrected chi connectivity index (χ2v) is 13.2. The molecule has 2 saturated carbocycles. The Morgan fingerprint density at radius 1 is 1.00 bits per heavy atom. The average molecular weight is 427 g/mol. The fourth-order valence-electron chi connectivity index (χ4n) is 9.16. The van der Waals surface area contributed by atoms with Crippen LogP contribution < -0.4 is 0 Å². The van der Waals surface area contributed by atoms with Crippen molar-refractivity contribution in [1.29, 1.82) is 0 Å². The predicted octanol–water partition coefficient (Wildman–Crippen LogP) is 8.34. The van der Waals surface area contributed by atoms with Gasteiger partial charge in [0.05, 0.1) is 6.10 Å². The lowest BCUT2D eigenvalue weighted by Gasteiger charge is -2.60. The molecule has 0 aromatic heterocycles. The minimum absolute atomic E-state index is 0.0815. The highest BCUT2D eigenvalue weighted by atomic mass is 16.3. The Kier molecular flexibility index (Phi) is 6.11. The van der Waals surface area contributed by atoms with Gasteiger partial charge in [-0.2, -0.15) is 0 Å². The van der Waals surface area contributed by atoms with E-state index in [9.17, 15) is 5.11 Å². The maximum Gasteiger partial charge on any atom is 0.0569 e. The van der Waals surface area contributed by atoms with Gasteiger partial charge < -0.3 is 5.11 Å². The summed E-state index contributed by atoms with van der Waals surface area (Å²) in [5.74, 6) is 3.40. The molecule has 0 heterocycles. The molecule has 0 amide bonds. The molecule has 4 aliphatic rings. The van der Waals surface area contributed by atoms with E-state index in [2.05, 4.69) is 55.0 Å². The molecule has 1 heteroatoms. The zero-order valence-electron chi connectivity index (χ0n) is 21.7. The number of allylic oxidation sites excluding steroid dienone is 3. The summed E-state index contributed by atoms with van der Waals surface area (Å²) in [7, 11) is 0. The van der Waals surface area contributed by atoms with E-state index in [1.165, 1.54) is 63.4 Å². The molecule has 0 aromatic rings. The first-order valence-electron chi connectivity index (χ1n) is 13.5. The first kappa shape index (κ1) is 23.6. The van der Waals surface area contributed by atoms with E-state index in [4.69, 9.17) is 0 Å². The van der Waals surface area contributed by atoms with Gasteiger partial charge in [0, 0.05) is 0 Å². The highest BCUT2D eigenvalue weighted by Crippen LogP contribution is 2.71. The van der Waals surface area contributed by atoms with Gasteiger partial charge in [0.2, 0.25) is 0 Å². The van der Waals surface area contributed by atoms with Crippen molar-refractivity contribution >= 4 is 0 Å². The van der Waals surface area contributed by atoms with E-state index < -0.39 is 0 Å². The molecule has 176 valence electrons. The standard InChI is InChI=1S/C30H50O/c1-19(2)20(3)9-10-21(4)23-13-17-30(8)26-12-11-24-22(5)27(31)15-16-28(24,6)25(26)14-18-29(23,30)7/h19,21-24,27,31H,3,9-18H2,1-2,4-8H3/t21-,22+,23+,24-,27+,28+,29-,30+/m1/s1. The van der Waals surface area contributed by atoms with Gasteiger partial charge in [-0.1, -0.05) is 71.8 Å². The van der Waals surface area contributed by atoms with Gasteiger partial charge in [-0.3, -0.25) is 0 Å². The van der Waals surface area contributed by atoms with Crippen LogP contribution in [0.2, 0.25) is 0 Å². The van der Waals surface area contributed by atoms with Crippen LogP contribution in [-0.2, 0) is 0 Å². The van der Waals surface area contributed by atoms with Crippen molar-refractivity contribution in [2.45, 2.75) is 119 Å². The summed E-state index contributed by atoms with van der Waals surface area (Å²) in [6.45, 7) is 21.7. The van der Waals surface area contributed by atoms with Crippen molar-refractivity contribution in [3.05, 3.63) is 23.3 Å². The Morgan fingerprint density at radius 3 is 2.39 bits per heavy atom. The normalized spacial score (nSPS) is 45.8. The maximum atomic E-state index is 10.6. The zero-order chi connectivity index (χ0) is 22.8. The van der Waals surface area contributed by atoms with Crippen molar-refractivity contribution in [3.63, 3.8) is 0 Å². The fraction of sp³-hybridized carbons (Fsp3) is 0.867. The Bertz CT molecular complexity index is 746. The minimum Gasteiger partial charge on any atom is -0.393 e. The van der Waals surface area contributed by atoms with Gasteiger partial charge in [0.1, 0.15) is 0 Å². The van der Waals surface area contributed by atoms with E-state index in [-0.39, 0.29) is 6.10 Å². The highest BCUT2D eigenvalue weighted by Gasteiger charge is 2.62. The highest BCUT2D eigenvalue weighted by molar-refractivity contribution is 5.38. The number of aliphatic hydroxyl groups excluding tert-OH is 1. The van der Waals surface area contributed by atoms with Gasteiger partial charge in [0.25, 0.3) is 0 Å². The summed E-state index contributed by atoms with van der Waals surface area (Å²) >= 11 is 0. The zero-order valence-corrected chi connectivity index (χ0v) is 21.7. The number of hydrogen-bond acceptors (Lipinski definition) is 1. The van der Waals surface area contributed by atoms with E-state index in [1.807, 2.05) is 11.1 Å². The molecule has 4 rings (SSSR count). The monoisotopic (exact) mass is 426 g/mol. The van der Waals surface area contributed by atoms with Gasteiger partial charge >= 0.3 is 0 Å². The second-order valence-electron chi connectivity index (χ2n) is 13.2. The summed E-state index contributed by atoms with van der Waals surface area (Å²) in [4.78, 5) is 0. The van der Waals surface area contributed by atoms with Crippen molar-refractivity contribution < 1.29 is 5.11 Å². The molecule has 1 nitrogen and oxygen atoms in total. The first-order valence-corrected chi connectivity index (χ1v) is 13.5. The predicted molar refractivity (Wildman–Crippen MR) is 133 cm³/mol. The van der Waals surface area contributed by atoms with Gasteiger partial charge in [-0.05, 0) is 110 Å². The molecule has 1 N–H and O–H groups in total. The summed E-state index contributed by atoms with van der Waals surface area (Å²) in [5.41, 5.74) is 6.35. The molecule has 0 bridgehead atoms. The topological polar surface area (TPSA) is 20.2 Å². The molecule has 0 aromatic carbocycles. The molecule has 0 saturated heterocycles. The maximum absolute atomic E-state index is 10.6. The quantitative estimate of drug-likeness (QED) is 0.438. The lowest BCUT2D eigenvalue weighted by atomic mass is 9.45. The Hall–Kier alpha value is -0.560. The summed E-state index contributed by atoms with van der Waals surface area (Å²) in [5, 5.41) is 10.6. The molecule has 0 radical (unpaired) electrons. The number of hydrogen-bond donors (Lipinski definition) is 1. The largest absolute Gasteiger partial charge is 0.393 e. The van der Waals surface area contributed by atoms with Crippen molar-refractivity contribution in [3.8, 4) is 0 Å². The van der Waals surface area contributed by atoms with Crippen LogP contribution >= 0.6 is 0 Å². The first-order chi connectivity index (χ1) is 14.5. The van der Waals surface area contributed by atoms with Gasteiger partial charge in [-0.25, -0.2) is 0 Å². The molecule has 8 atom stereocenters. The van der Waals surface area contributed by atoms with Crippen LogP contribution in [0.15, 0.2) is 23.3 Å². The van der Waals surface area contributed by atoms with Crippen LogP contribution in [0, 0.1) is 45.8 Å². The minimum atomic E-state index is -0.0815. The molecular formula is C30H50O. The molecule has 0 spiro atoms. The third-order valence-electron chi connectivity index (χ3n) is 11.8. The molecular weight excluding hydrogens is 376 g/mol. The van der Waals surface area contributed by atoms with Crippen LogP contribution in [0.25, 0.3) is 0 Å². The fourth-order valence-corrected chi connectivity index (χ4v) is 9.16. The molecule has 2 fully saturated rings. The SMILES string of the molecule is C=C(CC[C@@H](C)[C@@H]1CC[C@@]2(C)C3=C(CC[C@]12C)[C@@]1(C)CC[C@H](O)[C@@H](C)[C@H]1CC3)C(C)C. The van der Waals surface area contributed by atoms with E-state index in [0.29, 0.717) is 34.0 Å². The van der Waals surface area contributed by atoms with E-state index >= 15 is 0 Å². The number of rotatable bonds is 5. The lowest BCUT2D eigenvalue weighted by Crippen LogP contribution is -2.51. The Balaban J connectivity index is 1.60. The Labute approximate surface area is 193 Å². The Morgan fingerprint density at radius 2 is 1.71 bits per heavy atom. The summed E-state index contributed by atoms with van der Waals surface area (Å²) < 4.78 is 0. The summed E-state index contributed by atoms with van der Waals surface area (Å²) in [6.07, 6.45) is 12.7. The van der Waals surface area contributed by atoms with E-state index in [1.54, 1.807) is 0 Å². The van der Waals surface area contributed by atoms with E-state index in [0.717, 1.165) is 18.3 Å². The second kappa shape index (κ2) is 8.03. The average Bonchev–Trinajstić information content (AvgIpc) is 3.00. The van der Waals surface area contributed by atoms with Gasteiger partial charge in [-0.15, -0.1) is 0 Å². The molecule has 0 aliphatic heterocycles. The van der Waals surface area contributed by atoms with Crippen molar-refractivity contribution in [2.75, 3.05) is 0 Å². The summed E-state index contributed by atoms with van der Waals surface area (Å²) in [6, 6.07) is 0. The molecule has 4 aliphatic carbocycles. The van der Waals surface area contributed by atoms with Crippen LogP contribution in [0.1, 0.15) is 113 Å². The molecule has 0 unspecified atom stereocenters. The van der Waals surface area contributed by atoms with Crippen LogP contribution in [0.3, 0.4) is 0 Å².